The fourth-order valence-electron chi connectivity index (χ4n) is 5.20. The number of nitro benzene ring substituents is 1. The van der Waals surface area contributed by atoms with Crippen molar-refractivity contribution >= 4 is 11.3 Å². The number of methoxy groups -OCH3 is 2. The molecular formula is C33H40N2O6. The van der Waals surface area contributed by atoms with Crippen molar-refractivity contribution in [3.05, 3.63) is 93.0 Å². The molecule has 0 bridgehead atoms. The van der Waals surface area contributed by atoms with Crippen LogP contribution in [-0.2, 0) is 0 Å². The fraction of sp³-hybridized carbons (Fsp3) is 0.394. The number of ether oxygens (including phenoxy) is 4. The Kier molecular flexibility index (Phi) is 10.2. The van der Waals surface area contributed by atoms with Gasteiger partial charge in [-0.05, 0) is 93.7 Å². The van der Waals surface area contributed by atoms with E-state index in [2.05, 4.69) is 29.2 Å². The Bertz CT molecular complexity index is 1340. The Hall–Kier alpha value is -4.04. The summed E-state index contributed by atoms with van der Waals surface area (Å²) in [5.74, 6) is 2.21. The maximum atomic E-state index is 11.8. The molecule has 0 aliphatic heterocycles. The van der Waals surface area contributed by atoms with Gasteiger partial charge in [-0.3, -0.25) is 10.1 Å². The van der Waals surface area contributed by atoms with E-state index in [1.54, 1.807) is 13.0 Å². The van der Waals surface area contributed by atoms with Crippen LogP contribution in [0.4, 0.5) is 5.69 Å². The van der Waals surface area contributed by atoms with E-state index in [-0.39, 0.29) is 5.69 Å². The van der Waals surface area contributed by atoms with Gasteiger partial charge in [-0.2, -0.15) is 0 Å². The average Bonchev–Trinajstić information content (AvgIpc) is 2.98. The summed E-state index contributed by atoms with van der Waals surface area (Å²) in [4.78, 5) is 13.5. The van der Waals surface area contributed by atoms with E-state index in [0.717, 1.165) is 30.7 Å². The van der Waals surface area contributed by atoms with Crippen LogP contribution in [0.15, 0.2) is 66.2 Å². The molecule has 3 aromatic rings. The minimum atomic E-state index is -0.586. The molecule has 0 spiro atoms. The Morgan fingerprint density at radius 1 is 0.878 bits per heavy atom. The first-order chi connectivity index (χ1) is 19.8. The molecule has 0 N–H and O–H groups in total. The molecule has 3 aromatic carbocycles. The molecule has 0 heterocycles. The second-order valence-corrected chi connectivity index (χ2v) is 10.5. The number of benzene rings is 3. The highest BCUT2D eigenvalue weighted by atomic mass is 16.6. The van der Waals surface area contributed by atoms with Gasteiger partial charge in [0.15, 0.2) is 11.5 Å². The highest BCUT2D eigenvalue weighted by Crippen LogP contribution is 2.40. The van der Waals surface area contributed by atoms with Crippen LogP contribution in [0.25, 0.3) is 5.57 Å². The first kappa shape index (κ1) is 29.9. The summed E-state index contributed by atoms with van der Waals surface area (Å²) in [5.41, 5.74) is 5.37. The highest BCUT2D eigenvalue weighted by molar-refractivity contribution is 5.82. The number of hydrogen-bond donors (Lipinski definition) is 0. The van der Waals surface area contributed by atoms with Crippen molar-refractivity contribution in [1.82, 2.24) is 4.90 Å². The molecular weight excluding hydrogens is 520 g/mol. The summed E-state index contributed by atoms with van der Waals surface area (Å²) in [6, 6.07) is 19.4. The number of likely N-dealkylation sites (N-methyl/N-ethyl adjacent to an activating group) is 1. The van der Waals surface area contributed by atoms with Gasteiger partial charge in [0, 0.05) is 6.54 Å². The van der Waals surface area contributed by atoms with Crippen molar-refractivity contribution in [3.63, 3.8) is 0 Å². The number of hydrogen-bond acceptors (Lipinski definition) is 7. The van der Waals surface area contributed by atoms with Gasteiger partial charge in [-0.15, -0.1) is 0 Å². The minimum absolute atomic E-state index is 0.0785. The Labute approximate surface area is 242 Å². The molecule has 41 heavy (non-hydrogen) atoms. The summed E-state index contributed by atoms with van der Waals surface area (Å²) >= 11 is 0. The van der Waals surface area contributed by atoms with Gasteiger partial charge >= 0.3 is 0 Å². The molecule has 1 saturated carbocycles. The molecule has 1 fully saturated rings. The van der Waals surface area contributed by atoms with Crippen LogP contribution < -0.4 is 18.9 Å². The smallest absolute Gasteiger partial charge is 0.280 e. The lowest BCUT2D eigenvalue weighted by molar-refractivity contribution is -0.386. The maximum absolute atomic E-state index is 11.8. The Morgan fingerprint density at radius 2 is 1.44 bits per heavy atom. The molecule has 0 amide bonds. The van der Waals surface area contributed by atoms with Crippen LogP contribution >= 0.6 is 0 Å². The monoisotopic (exact) mass is 560 g/mol. The third-order valence-electron chi connectivity index (χ3n) is 7.38. The van der Waals surface area contributed by atoms with Crippen molar-refractivity contribution in [1.29, 1.82) is 0 Å². The Balaban J connectivity index is 1.58. The van der Waals surface area contributed by atoms with E-state index >= 15 is 0 Å². The third-order valence-corrected chi connectivity index (χ3v) is 7.38. The standard InChI is InChI=1S/C33H40N2O6/c1-23(29-21-31(38-4)32(39-5)22-30(29)35(36)37)41-28-17-13-26(14-18-28)33(24-9-7-6-8-10-24)25-11-15-27(16-12-25)40-20-19-34(2)3/h11-18,21-23H,6-10,19-20H2,1-5H3/t23-/m1/s1. The van der Waals surface area contributed by atoms with Crippen LogP contribution in [0.1, 0.15) is 61.8 Å². The van der Waals surface area contributed by atoms with E-state index < -0.39 is 11.0 Å². The molecule has 8 nitrogen and oxygen atoms in total. The summed E-state index contributed by atoms with van der Waals surface area (Å²) in [6.07, 6.45) is 5.27. The predicted molar refractivity (Wildman–Crippen MR) is 161 cm³/mol. The first-order valence-electron chi connectivity index (χ1n) is 14.1. The van der Waals surface area contributed by atoms with E-state index in [0.29, 0.717) is 29.4 Å². The Morgan fingerprint density at radius 3 is 1.98 bits per heavy atom. The largest absolute Gasteiger partial charge is 0.493 e. The molecule has 0 saturated heterocycles. The van der Waals surface area contributed by atoms with Crippen molar-refractivity contribution < 1.29 is 23.9 Å². The number of nitro groups is 1. The fourth-order valence-corrected chi connectivity index (χ4v) is 5.20. The minimum Gasteiger partial charge on any atom is -0.493 e. The van der Waals surface area contributed by atoms with Gasteiger partial charge in [-0.25, -0.2) is 0 Å². The summed E-state index contributed by atoms with van der Waals surface area (Å²) in [6.45, 7) is 3.30. The van der Waals surface area contributed by atoms with E-state index in [9.17, 15) is 10.1 Å². The topological polar surface area (TPSA) is 83.3 Å². The summed E-state index contributed by atoms with van der Waals surface area (Å²) < 4.78 is 22.7. The van der Waals surface area contributed by atoms with Crippen molar-refractivity contribution in [2.24, 2.45) is 0 Å². The number of nitrogens with zero attached hydrogens (tertiary/aromatic N) is 2. The quantitative estimate of drug-likeness (QED) is 0.168. The van der Waals surface area contributed by atoms with Crippen LogP contribution in [0.3, 0.4) is 0 Å². The number of rotatable bonds is 12. The van der Waals surface area contributed by atoms with Crippen molar-refractivity contribution in [3.8, 4) is 23.0 Å². The van der Waals surface area contributed by atoms with Crippen LogP contribution in [0, 0.1) is 10.1 Å². The lowest BCUT2D eigenvalue weighted by Gasteiger charge is -2.21. The first-order valence-corrected chi connectivity index (χ1v) is 14.1. The van der Waals surface area contributed by atoms with Gasteiger partial charge in [-0.1, -0.05) is 36.3 Å². The van der Waals surface area contributed by atoms with E-state index in [1.165, 1.54) is 56.3 Å². The lowest BCUT2D eigenvalue weighted by Crippen LogP contribution is -2.19. The number of allylic oxidation sites excluding steroid dienone is 1. The molecule has 0 radical (unpaired) electrons. The SMILES string of the molecule is COc1cc([C@@H](C)Oc2ccc(C(=C3CCCCC3)c3ccc(OCCN(C)C)cc3)cc2)c([N+](=O)[O-])cc1OC. The van der Waals surface area contributed by atoms with Gasteiger partial charge < -0.3 is 23.8 Å². The van der Waals surface area contributed by atoms with E-state index in [4.69, 9.17) is 18.9 Å². The third kappa shape index (κ3) is 7.58. The second kappa shape index (κ2) is 14.0. The van der Waals surface area contributed by atoms with Crippen molar-refractivity contribution in [2.45, 2.75) is 45.1 Å². The normalized spacial score (nSPS) is 14.0. The van der Waals surface area contributed by atoms with Gasteiger partial charge in [0.05, 0.1) is 30.8 Å². The van der Waals surface area contributed by atoms with Crippen molar-refractivity contribution in [2.75, 3.05) is 41.5 Å². The van der Waals surface area contributed by atoms with E-state index in [1.807, 2.05) is 38.4 Å². The average molecular weight is 561 g/mol. The highest BCUT2D eigenvalue weighted by Gasteiger charge is 2.25. The molecule has 1 atom stereocenters. The lowest BCUT2D eigenvalue weighted by atomic mass is 9.85. The van der Waals surface area contributed by atoms with Gasteiger partial charge in [0.2, 0.25) is 0 Å². The van der Waals surface area contributed by atoms with Crippen LogP contribution in [-0.4, -0.2) is 51.3 Å². The summed E-state index contributed by atoms with van der Waals surface area (Å²) in [7, 11) is 7.02. The van der Waals surface area contributed by atoms with Crippen LogP contribution in [0.2, 0.25) is 0 Å². The summed E-state index contributed by atoms with van der Waals surface area (Å²) in [5, 5.41) is 11.8. The molecule has 1 aliphatic carbocycles. The zero-order valence-electron chi connectivity index (χ0n) is 24.6. The van der Waals surface area contributed by atoms with Crippen LogP contribution in [0.5, 0.6) is 23.0 Å². The second-order valence-electron chi connectivity index (χ2n) is 10.5. The zero-order chi connectivity index (χ0) is 29.4. The molecule has 0 unspecified atom stereocenters. The molecule has 1 aliphatic rings. The predicted octanol–water partition coefficient (Wildman–Crippen LogP) is 7.46. The zero-order valence-corrected chi connectivity index (χ0v) is 24.6. The molecule has 8 heteroatoms. The maximum Gasteiger partial charge on any atom is 0.280 e. The molecule has 218 valence electrons. The van der Waals surface area contributed by atoms with Gasteiger partial charge in [0.1, 0.15) is 24.2 Å². The van der Waals surface area contributed by atoms with Gasteiger partial charge in [0.25, 0.3) is 5.69 Å². The molecule has 4 rings (SSSR count). The molecule has 0 aromatic heterocycles.